The van der Waals surface area contributed by atoms with Crippen LogP contribution in [0.4, 0.5) is 11.4 Å². The van der Waals surface area contributed by atoms with Crippen molar-refractivity contribution in [1.29, 1.82) is 0 Å². The fourth-order valence-corrected chi connectivity index (χ4v) is 6.83. The topological polar surface area (TPSA) is 102 Å². The van der Waals surface area contributed by atoms with Crippen LogP contribution in [-0.4, -0.2) is 37.6 Å². The summed E-state index contributed by atoms with van der Waals surface area (Å²) in [6.07, 6.45) is 0. The Kier molecular flexibility index (Phi) is 7.07. The molecule has 4 aromatic rings. The third kappa shape index (κ3) is 4.45. The maximum atomic E-state index is 14.4. The first kappa shape index (κ1) is 27.7. The quantitative estimate of drug-likeness (QED) is 0.354. The zero-order valence-electron chi connectivity index (χ0n) is 23.1. The molecule has 1 N–H and O–H groups in total. The van der Waals surface area contributed by atoms with Gasteiger partial charge in [-0.25, -0.2) is 4.99 Å². The second-order valence-corrected chi connectivity index (χ2v) is 11.6. The van der Waals surface area contributed by atoms with Crippen molar-refractivity contribution in [2.75, 3.05) is 31.5 Å². The lowest BCUT2D eigenvalue weighted by atomic mass is 9.94. The van der Waals surface area contributed by atoms with Crippen molar-refractivity contribution in [1.82, 2.24) is 4.57 Å². The number of para-hydroxylation sites is 1. The minimum absolute atomic E-state index is 0.248. The predicted octanol–water partition coefficient (Wildman–Crippen LogP) is 4.00. The predicted molar refractivity (Wildman–Crippen MR) is 165 cm³/mol. The van der Waals surface area contributed by atoms with Gasteiger partial charge in [0.15, 0.2) is 4.80 Å². The Morgan fingerprint density at radius 1 is 1.02 bits per heavy atom. The van der Waals surface area contributed by atoms with Gasteiger partial charge >= 0.3 is 0 Å². The fourth-order valence-electron chi connectivity index (χ4n) is 5.33. The summed E-state index contributed by atoms with van der Waals surface area (Å²) in [4.78, 5) is 48.4. The monoisotopic (exact) mass is 644 g/mol. The van der Waals surface area contributed by atoms with E-state index in [2.05, 4.69) is 21.2 Å². The van der Waals surface area contributed by atoms with Crippen LogP contribution in [0.1, 0.15) is 24.1 Å². The lowest BCUT2D eigenvalue weighted by molar-refractivity contribution is -0.113. The van der Waals surface area contributed by atoms with Crippen molar-refractivity contribution in [3.63, 3.8) is 0 Å². The number of benzene rings is 3. The summed E-state index contributed by atoms with van der Waals surface area (Å²) in [5.74, 6) is 0.296. The van der Waals surface area contributed by atoms with Crippen LogP contribution in [-0.2, 0) is 9.59 Å². The highest BCUT2D eigenvalue weighted by atomic mass is 79.9. The van der Waals surface area contributed by atoms with Crippen molar-refractivity contribution < 1.29 is 19.1 Å². The van der Waals surface area contributed by atoms with Crippen molar-refractivity contribution in [3.8, 4) is 11.5 Å². The highest BCUT2D eigenvalue weighted by molar-refractivity contribution is 9.10. The number of nitrogens with zero attached hydrogens (tertiary/aromatic N) is 3. The molecule has 1 aromatic heterocycles. The molecule has 212 valence electrons. The summed E-state index contributed by atoms with van der Waals surface area (Å²) in [5.41, 5.74) is 3.13. The Morgan fingerprint density at radius 2 is 1.79 bits per heavy atom. The smallest absolute Gasteiger partial charge is 0.271 e. The molecule has 3 heterocycles. The van der Waals surface area contributed by atoms with E-state index in [0.29, 0.717) is 50.1 Å². The summed E-state index contributed by atoms with van der Waals surface area (Å²) < 4.78 is 13.6. The minimum atomic E-state index is -0.892. The van der Waals surface area contributed by atoms with Gasteiger partial charge in [0, 0.05) is 34.4 Å². The van der Waals surface area contributed by atoms with Crippen LogP contribution in [0.15, 0.2) is 92.3 Å². The van der Waals surface area contributed by atoms with E-state index in [0.717, 1.165) is 15.8 Å². The van der Waals surface area contributed by atoms with Crippen LogP contribution >= 0.6 is 27.3 Å². The summed E-state index contributed by atoms with van der Waals surface area (Å²) in [6.45, 7) is 1.74. The highest BCUT2D eigenvalue weighted by Crippen LogP contribution is 2.39. The summed E-state index contributed by atoms with van der Waals surface area (Å²) >= 11 is 4.62. The molecule has 0 aliphatic carbocycles. The molecule has 0 fully saturated rings. The van der Waals surface area contributed by atoms with Gasteiger partial charge in [-0.2, -0.15) is 0 Å². The third-order valence-corrected chi connectivity index (χ3v) is 8.89. The first-order valence-electron chi connectivity index (χ1n) is 12.9. The standard InChI is InChI=1S/C31H25BrN4O5S/c1-16-24(28(37)34-18-8-6-5-7-9-18)26(20-12-11-19(40-3)15-23(20)41-4)36-30(39)27(42-31(36)33-16)25-21-14-17(32)10-13-22(21)35(2)29(25)38/h5-15,26H,1-4H3,(H,34,37)/b27-25-/t26-/m1/s1. The third-order valence-electron chi connectivity index (χ3n) is 7.34. The van der Waals surface area contributed by atoms with Crippen LogP contribution < -0.4 is 34.6 Å². The lowest BCUT2D eigenvalue weighted by Crippen LogP contribution is -2.41. The number of likely N-dealkylation sites (N-methyl/N-ethyl adjacent to an activating group) is 1. The van der Waals surface area contributed by atoms with E-state index < -0.39 is 17.5 Å². The van der Waals surface area contributed by atoms with E-state index in [1.54, 1.807) is 51.4 Å². The molecule has 0 radical (unpaired) electrons. The average Bonchev–Trinajstić information content (AvgIpc) is 3.43. The number of carbonyl (C=O) groups excluding carboxylic acids is 2. The number of halogens is 1. The number of allylic oxidation sites excluding steroid dienone is 1. The van der Waals surface area contributed by atoms with Crippen molar-refractivity contribution in [2.45, 2.75) is 13.0 Å². The molecular weight excluding hydrogens is 620 g/mol. The van der Waals surface area contributed by atoms with E-state index in [1.807, 2.05) is 36.4 Å². The first-order chi connectivity index (χ1) is 20.2. The number of hydrogen-bond donors (Lipinski definition) is 1. The molecule has 3 aromatic carbocycles. The number of nitrogens with one attached hydrogen (secondary N) is 1. The molecule has 1 atom stereocenters. The van der Waals surface area contributed by atoms with E-state index in [-0.39, 0.29) is 16.0 Å². The Bertz CT molecular complexity index is 2000. The molecule has 9 nitrogen and oxygen atoms in total. The molecule has 6 rings (SSSR count). The van der Waals surface area contributed by atoms with Gasteiger partial charge in [-0.05, 0) is 49.4 Å². The first-order valence-corrected chi connectivity index (χ1v) is 14.6. The molecule has 0 bridgehead atoms. The maximum absolute atomic E-state index is 14.4. The van der Waals surface area contributed by atoms with Crippen LogP contribution in [0, 0.1) is 0 Å². The summed E-state index contributed by atoms with van der Waals surface area (Å²) in [5, 5.41) is 2.94. The molecule has 2 aliphatic heterocycles. The summed E-state index contributed by atoms with van der Waals surface area (Å²) in [7, 11) is 4.75. The molecule has 2 aliphatic rings. The number of hydrogen-bond acceptors (Lipinski definition) is 7. The van der Waals surface area contributed by atoms with Gasteiger partial charge in [-0.15, -0.1) is 0 Å². The molecule has 0 spiro atoms. The fraction of sp³-hybridized carbons (Fsp3) is 0.161. The number of fused-ring (bicyclic) bond motifs is 2. The zero-order chi connectivity index (χ0) is 29.7. The van der Waals surface area contributed by atoms with E-state index in [1.165, 1.54) is 16.6 Å². The van der Waals surface area contributed by atoms with Gasteiger partial charge in [0.05, 0.1) is 36.8 Å². The SMILES string of the molecule is COc1ccc([C@@H]2C(C(=O)Nc3ccccc3)=C(C)N=c3s/c(=C4\C(=O)N(C)c5ccc(Br)cc54)c(=O)n32)c(OC)c1. The van der Waals surface area contributed by atoms with Crippen molar-refractivity contribution in [3.05, 3.63) is 113 Å². The van der Waals surface area contributed by atoms with E-state index in [9.17, 15) is 14.4 Å². The van der Waals surface area contributed by atoms with Gasteiger partial charge in [0.1, 0.15) is 22.1 Å². The Labute approximate surface area is 253 Å². The van der Waals surface area contributed by atoms with Crippen LogP contribution in [0.3, 0.4) is 0 Å². The van der Waals surface area contributed by atoms with Crippen molar-refractivity contribution in [2.24, 2.45) is 4.99 Å². The number of anilines is 2. The van der Waals surface area contributed by atoms with Crippen LogP contribution in [0.2, 0.25) is 0 Å². The van der Waals surface area contributed by atoms with Gasteiger partial charge in [0.2, 0.25) is 0 Å². The van der Waals surface area contributed by atoms with E-state index in [4.69, 9.17) is 14.5 Å². The number of amides is 2. The largest absolute Gasteiger partial charge is 0.497 e. The van der Waals surface area contributed by atoms with Gasteiger partial charge < -0.3 is 19.7 Å². The Morgan fingerprint density at radius 3 is 2.50 bits per heavy atom. The molecule has 0 unspecified atom stereocenters. The highest BCUT2D eigenvalue weighted by Gasteiger charge is 2.37. The van der Waals surface area contributed by atoms with Gasteiger partial charge in [-0.1, -0.05) is 45.5 Å². The van der Waals surface area contributed by atoms with E-state index >= 15 is 0 Å². The average molecular weight is 646 g/mol. The Hall–Kier alpha value is -4.48. The second-order valence-electron chi connectivity index (χ2n) is 9.73. The van der Waals surface area contributed by atoms with Gasteiger partial charge in [-0.3, -0.25) is 19.0 Å². The molecular formula is C31H25BrN4O5S. The number of thiazole rings is 1. The number of aromatic nitrogens is 1. The molecule has 0 saturated carbocycles. The molecule has 2 amide bonds. The lowest BCUT2D eigenvalue weighted by Gasteiger charge is -2.26. The van der Waals surface area contributed by atoms with Crippen LogP contribution in [0.5, 0.6) is 11.5 Å². The molecule has 11 heteroatoms. The normalized spacial score (nSPS) is 17.0. The second kappa shape index (κ2) is 10.7. The Balaban J connectivity index is 1.63. The van der Waals surface area contributed by atoms with Crippen LogP contribution in [0.25, 0.3) is 5.57 Å². The summed E-state index contributed by atoms with van der Waals surface area (Å²) in [6, 6.07) is 18.9. The zero-order valence-corrected chi connectivity index (χ0v) is 25.5. The van der Waals surface area contributed by atoms with Gasteiger partial charge in [0.25, 0.3) is 17.4 Å². The van der Waals surface area contributed by atoms with Crippen molar-refractivity contribution >= 4 is 56.0 Å². The minimum Gasteiger partial charge on any atom is -0.497 e. The molecule has 42 heavy (non-hydrogen) atoms. The maximum Gasteiger partial charge on any atom is 0.271 e. The number of rotatable bonds is 5. The number of ether oxygens (including phenoxy) is 2. The number of carbonyl (C=O) groups is 2. The molecule has 0 saturated heterocycles. The number of methoxy groups -OCH3 is 2.